The zero-order valence-electron chi connectivity index (χ0n) is 14.9. The fourth-order valence-corrected chi connectivity index (χ4v) is 3.39. The van der Waals surface area contributed by atoms with E-state index >= 15 is 0 Å². The molecule has 0 atom stereocenters. The van der Waals surface area contributed by atoms with E-state index in [0.29, 0.717) is 33.0 Å². The molecule has 0 bridgehead atoms. The topological polar surface area (TPSA) is 74.5 Å². The lowest BCUT2D eigenvalue weighted by Crippen LogP contribution is -2.07. The minimum atomic E-state index is -0.441. The van der Waals surface area contributed by atoms with Crippen molar-refractivity contribution in [1.29, 1.82) is 0 Å². The summed E-state index contributed by atoms with van der Waals surface area (Å²) in [5.74, 6) is 0.874. The summed E-state index contributed by atoms with van der Waals surface area (Å²) < 4.78 is 30.2. The Morgan fingerprint density at radius 2 is 2.11 bits per heavy atom. The minimum Gasteiger partial charge on any atom is -0.497 e. The molecule has 0 spiro atoms. The number of benzene rings is 2. The molecule has 28 heavy (non-hydrogen) atoms. The smallest absolute Gasteiger partial charge is 0.316 e. The number of carbonyl (C=O) groups excluding carboxylic acids is 1. The van der Waals surface area contributed by atoms with Gasteiger partial charge in [0, 0.05) is 15.8 Å². The molecule has 3 rings (SSSR count). The summed E-state index contributed by atoms with van der Waals surface area (Å²) in [4.78, 5) is 11.9. The van der Waals surface area contributed by atoms with Gasteiger partial charge in [0.15, 0.2) is 6.61 Å². The quantitative estimate of drug-likeness (QED) is 0.448. The molecule has 0 unspecified atom stereocenters. The van der Waals surface area contributed by atoms with E-state index in [1.54, 1.807) is 31.4 Å². The van der Waals surface area contributed by atoms with Crippen LogP contribution >= 0.6 is 27.7 Å². The van der Waals surface area contributed by atoms with Gasteiger partial charge in [-0.1, -0.05) is 28.1 Å². The van der Waals surface area contributed by atoms with Gasteiger partial charge < -0.3 is 13.9 Å². The average molecular weight is 467 g/mol. The van der Waals surface area contributed by atoms with Gasteiger partial charge in [-0.3, -0.25) is 4.79 Å². The maximum atomic E-state index is 13.7. The normalized spacial score (nSPS) is 10.7. The van der Waals surface area contributed by atoms with Crippen LogP contribution in [0.2, 0.25) is 0 Å². The van der Waals surface area contributed by atoms with E-state index in [9.17, 15) is 9.18 Å². The minimum absolute atomic E-state index is 0.0897. The van der Waals surface area contributed by atoms with E-state index in [-0.39, 0.29) is 24.1 Å². The molecule has 2 aromatic carbocycles. The van der Waals surface area contributed by atoms with E-state index in [4.69, 9.17) is 13.9 Å². The molecule has 0 fully saturated rings. The first-order valence-electron chi connectivity index (χ1n) is 8.19. The Kier molecular flexibility index (Phi) is 7.05. The Morgan fingerprint density at radius 1 is 1.25 bits per heavy atom. The maximum Gasteiger partial charge on any atom is 0.316 e. The maximum absolute atomic E-state index is 13.7. The van der Waals surface area contributed by atoms with Crippen LogP contribution in [0.15, 0.2) is 51.4 Å². The van der Waals surface area contributed by atoms with Crippen molar-refractivity contribution in [2.75, 3.05) is 12.9 Å². The van der Waals surface area contributed by atoms with Crippen molar-refractivity contribution in [2.24, 2.45) is 0 Å². The number of aromatic nitrogens is 2. The van der Waals surface area contributed by atoms with Crippen molar-refractivity contribution in [3.8, 4) is 17.2 Å². The van der Waals surface area contributed by atoms with Gasteiger partial charge in [0.25, 0.3) is 5.89 Å². The number of hydrogen-bond acceptors (Lipinski definition) is 7. The number of rotatable bonds is 8. The second kappa shape index (κ2) is 9.70. The van der Waals surface area contributed by atoms with Gasteiger partial charge in [-0.25, -0.2) is 4.39 Å². The number of halogens is 2. The molecule has 0 aliphatic heterocycles. The molecule has 1 heterocycles. The standard InChI is InChI=1S/C19H16BrFN2O4S/c1-25-15-4-2-3-12(7-15)19-23-22-17(27-19)9-26-18(24)11-28-10-13-5-6-14(20)8-16(13)21/h2-8H,9-11H2,1H3. The summed E-state index contributed by atoms with van der Waals surface area (Å²) in [5.41, 5.74) is 1.23. The highest BCUT2D eigenvalue weighted by atomic mass is 79.9. The van der Waals surface area contributed by atoms with Gasteiger partial charge >= 0.3 is 5.97 Å². The molecule has 0 saturated carbocycles. The lowest BCUT2D eigenvalue weighted by molar-refractivity contribution is -0.142. The van der Waals surface area contributed by atoms with Gasteiger partial charge in [0.1, 0.15) is 11.6 Å². The number of thioether (sulfide) groups is 1. The number of esters is 1. The summed E-state index contributed by atoms with van der Waals surface area (Å²) in [7, 11) is 1.57. The van der Waals surface area contributed by atoms with Crippen molar-refractivity contribution >= 4 is 33.7 Å². The summed E-state index contributed by atoms with van der Waals surface area (Å²) in [5, 5.41) is 7.82. The van der Waals surface area contributed by atoms with Gasteiger partial charge in [-0.2, -0.15) is 0 Å². The fraction of sp³-hybridized carbons (Fsp3) is 0.211. The average Bonchev–Trinajstić information content (AvgIpc) is 3.17. The molecule has 9 heteroatoms. The monoisotopic (exact) mass is 466 g/mol. The van der Waals surface area contributed by atoms with Crippen LogP contribution in [0, 0.1) is 5.82 Å². The first-order chi connectivity index (χ1) is 13.5. The molecule has 146 valence electrons. The van der Waals surface area contributed by atoms with Crippen LogP contribution in [0.1, 0.15) is 11.5 Å². The third kappa shape index (κ3) is 5.56. The predicted molar refractivity (Wildman–Crippen MR) is 106 cm³/mol. The van der Waals surface area contributed by atoms with Crippen molar-refractivity contribution in [2.45, 2.75) is 12.4 Å². The van der Waals surface area contributed by atoms with Crippen LogP contribution in [-0.2, 0) is 21.9 Å². The Morgan fingerprint density at radius 3 is 2.89 bits per heavy atom. The highest BCUT2D eigenvalue weighted by molar-refractivity contribution is 9.10. The van der Waals surface area contributed by atoms with Gasteiger partial charge in [-0.05, 0) is 35.9 Å². The van der Waals surface area contributed by atoms with E-state index < -0.39 is 5.97 Å². The number of hydrogen-bond donors (Lipinski definition) is 0. The molecule has 0 radical (unpaired) electrons. The van der Waals surface area contributed by atoms with Crippen LogP contribution in [0.4, 0.5) is 4.39 Å². The zero-order chi connectivity index (χ0) is 19.9. The molecular weight excluding hydrogens is 451 g/mol. The van der Waals surface area contributed by atoms with E-state index in [1.165, 1.54) is 17.8 Å². The highest BCUT2D eigenvalue weighted by Crippen LogP contribution is 2.23. The molecule has 1 aromatic heterocycles. The van der Waals surface area contributed by atoms with Gasteiger partial charge in [0.2, 0.25) is 5.89 Å². The number of ether oxygens (including phenoxy) is 2. The lowest BCUT2D eigenvalue weighted by atomic mass is 10.2. The highest BCUT2D eigenvalue weighted by Gasteiger charge is 2.12. The van der Waals surface area contributed by atoms with E-state index in [1.807, 2.05) is 12.1 Å². The Bertz CT molecular complexity index is 967. The second-order valence-corrected chi connectivity index (χ2v) is 7.52. The van der Waals surface area contributed by atoms with Gasteiger partial charge in [-0.15, -0.1) is 22.0 Å². The van der Waals surface area contributed by atoms with Crippen LogP contribution in [-0.4, -0.2) is 29.0 Å². The predicted octanol–water partition coefficient (Wildman–Crippen LogP) is 4.62. The Labute approximate surface area is 173 Å². The SMILES string of the molecule is COc1cccc(-c2nnc(COC(=O)CSCc3ccc(Br)cc3F)o2)c1. The number of methoxy groups -OCH3 is 1. The summed E-state index contributed by atoms with van der Waals surface area (Å²) in [6, 6.07) is 12.0. The van der Waals surface area contributed by atoms with E-state index in [2.05, 4.69) is 26.1 Å². The van der Waals surface area contributed by atoms with Crippen molar-refractivity contribution in [1.82, 2.24) is 10.2 Å². The Balaban J connectivity index is 1.46. The number of carbonyl (C=O) groups is 1. The van der Waals surface area contributed by atoms with Crippen LogP contribution in [0.25, 0.3) is 11.5 Å². The zero-order valence-corrected chi connectivity index (χ0v) is 17.3. The van der Waals surface area contributed by atoms with Crippen LogP contribution in [0.3, 0.4) is 0 Å². The van der Waals surface area contributed by atoms with Crippen LogP contribution in [0.5, 0.6) is 5.75 Å². The molecule has 0 aliphatic carbocycles. The summed E-state index contributed by atoms with van der Waals surface area (Å²) in [6.07, 6.45) is 0. The molecule has 0 N–H and O–H groups in total. The number of nitrogens with zero attached hydrogens (tertiary/aromatic N) is 2. The van der Waals surface area contributed by atoms with Crippen molar-refractivity contribution < 1.29 is 23.1 Å². The molecule has 6 nitrogen and oxygen atoms in total. The van der Waals surface area contributed by atoms with Crippen LogP contribution < -0.4 is 4.74 Å². The summed E-state index contributed by atoms with van der Waals surface area (Å²) >= 11 is 4.47. The van der Waals surface area contributed by atoms with E-state index in [0.717, 1.165) is 0 Å². The fourth-order valence-electron chi connectivity index (χ4n) is 2.25. The summed E-state index contributed by atoms with van der Waals surface area (Å²) in [6.45, 7) is -0.122. The first kappa shape index (κ1) is 20.3. The third-order valence-corrected chi connectivity index (χ3v) is 5.08. The molecule has 0 saturated heterocycles. The lowest BCUT2D eigenvalue weighted by Gasteiger charge is -2.04. The largest absolute Gasteiger partial charge is 0.497 e. The van der Waals surface area contributed by atoms with Crippen molar-refractivity contribution in [3.63, 3.8) is 0 Å². The molecular formula is C19H16BrFN2O4S. The third-order valence-electron chi connectivity index (χ3n) is 3.63. The van der Waals surface area contributed by atoms with Crippen molar-refractivity contribution in [3.05, 3.63) is 64.2 Å². The molecule has 0 aliphatic rings. The first-order valence-corrected chi connectivity index (χ1v) is 10.1. The second-order valence-electron chi connectivity index (χ2n) is 5.62. The Hall–Kier alpha value is -2.39. The molecule has 0 amide bonds. The van der Waals surface area contributed by atoms with Gasteiger partial charge in [0.05, 0.1) is 12.9 Å². The molecule has 3 aromatic rings.